The van der Waals surface area contributed by atoms with Gasteiger partial charge in [0.2, 0.25) is 0 Å². The number of rotatable bonds is 3. The van der Waals surface area contributed by atoms with Crippen LogP contribution in [-0.4, -0.2) is 24.6 Å². The van der Waals surface area contributed by atoms with E-state index in [1.807, 2.05) is 48.5 Å². The zero-order valence-electron chi connectivity index (χ0n) is 14.6. The first-order valence-electron chi connectivity index (χ1n) is 8.42. The molecule has 0 bridgehead atoms. The Bertz CT molecular complexity index is 1090. The first-order chi connectivity index (χ1) is 13.2. The minimum atomic E-state index is -0.344. The molecule has 5 heteroatoms. The number of benzene rings is 3. The van der Waals surface area contributed by atoms with E-state index in [-0.39, 0.29) is 5.97 Å². The molecule has 27 heavy (non-hydrogen) atoms. The summed E-state index contributed by atoms with van der Waals surface area (Å²) < 4.78 is 5.75. The van der Waals surface area contributed by atoms with Gasteiger partial charge >= 0.3 is 11.8 Å². The summed E-state index contributed by atoms with van der Waals surface area (Å²) in [5.74, 6) is 0.457. The first kappa shape index (κ1) is 17.4. The number of methoxy groups -OCH3 is 1. The summed E-state index contributed by atoms with van der Waals surface area (Å²) in [4.78, 5) is 19.9. The van der Waals surface area contributed by atoms with E-state index in [9.17, 15) is 4.79 Å². The summed E-state index contributed by atoms with van der Waals surface area (Å²) in [6.07, 6.45) is 0. The highest BCUT2D eigenvalue weighted by molar-refractivity contribution is 9.10. The van der Waals surface area contributed by atoms with Crippen molar-refractivity contribution in [3.05, 3.63) is 99.5 Å². The lowest BCUT2D eigenvalue weighted by atomic mass is 9.99. The Kier molecular flexibility index (Phi) is 4.69. The van der Waals surface area contributed by atoms with Gasteiger partial charge in [-0.05, 0) is 53.5 Å². The number of halogens is 1. The lowest BCUT2D eigenvalue weighted by Crippen LogP contribution is -2.74. The Morgan fingerprint density at radius 1 is 0.963 bits per heavy atom. The summed E-state index contributed by atoms with van der Waals surface area (Å²) in [5, 5.41) is 0. The SMILES string of the molecule is COC(=O)c1ccc(C2=[NH+]C(=Nc3cccc(Br)c3)c3ccccc32)cc1. The monoisotopic (exact) mass is 419 g/mol. The molecule has 0 unspecified atom stereocenters. The topological polar surface area (TPSA) is 52.6 Å². The lowest BCUT2D eigenvalue weighted by molar-refractivity contribution is -0.309. The summed E-state index contributed by atoms with van der Waals surface area (Å²) in [6.45, 7) is 0. The number of hydrogen-bond acceptors (Lipinski definition) is 3. The van der Waals surface area contributed by atoms with E-state index in [0.29, 0.717) is 5.56 Å². The summed E-state index contributed by atoms with van der Waals surface area (Å²) in [6, 6.07) is 23.3. The summed E-state index contributed by atoms with van der Waals surface area (Å²) in [7, 11) is 1.38. The molecule has 0 amide bonds. The largest absolute Gasteiger partial charge is 0.465 e. The molecule has 1 heterocycles. The molecule has 0 fully saturated rings. The van der Waals surface area contributed by atoms with E-state index in [1.165, 1.54) is 7.11 Å². The second kappa shape index (κ2) is 7.29. The van der Waals surface area contributed by atoms with E-state index in [1.54, 1.807) is 12.1 Å². The fraction of sp³-hybridized carbons (Fsp3) is 0.0455. The van der Waals surface area contributed by atoms with Gasteiger partial charge in [-0.1, -0.05) is 34.1 Å². The van der Waals surface area contributed by atoms with Gasteiger partial charge in [0.25, 0.3) is 0 Å². The lowest BCUT2D eigenvalue weighted by Gasteiger charge is -2.02. The Balaban J connectivity index is 1.78. The predicted molar refractivity (Wildman–Crippen MR) is 109 cm³/mol. The van der Waals surface area contributed by atoms with Crippen LogP contribution >= 0.6 is 15.9 Å². The fourth-order valence-electron chi connectivity index (χ4n) is 3.04. The van der Waals surface area contributed by atoms with Crippen LogP contribution in [0.2, 0.25) is 0 Å². The molecule has 0 spiro atoms. The van der Waals surface area contributed by atoms with E-state index in [2.05, 4.69) is 33.1 Å². The van der Waals surface area contributed by atoms with Crippen LogP contribution in [-0.2, 0) is 4.74 Å². The molecule has 132 valence electrons. The molecular weight excluding hydrogens is 404 g/mol. The highest BCUT2D eigenvalue weighted by atomic mass is 79.9. The molecule has 1 aliphatic rings. The van der Waals surface area contributed by atoms with Crippen molar-refractivity contribution in [3.63, 3.8) is 0 Å². The van der Waals surface area contributed by atoms with Crippen LogP contribution in [0.25, 0.3) is 0 Å². The van der Waals surface area contributed by atoms with E-state index >= 15 is 0 Å². The van der Waals surface area contributed by atoms with Crippen molar-refractivity contribution < 1.29 is 14.5 Å². The maximum absolute atomic E-state index is 11.7. The molecule has 4 rings (SSSR count). The van der Waals surface area contributed by atoms with Gasteiger partial charge in [-0.2, -0.15) is 0 Å². The van der Waals surface area contributed by atoms with Crippen LogP contribution in [0.3, 0.4) is 0 Å². The van der Waals surface area contributed by atoms with E-state index in [0.717, 1.165) is 38.4 Å². The number of aliphatic imine (C=N–C) groups is 1. The molecule has 0 atom stereocenters. The number of esters is 1. The molecule has 3 aromatic rings. The number of nitrogens with zero attached hydrogens (tertiary/aromatic N) is 1. The van der Waals surface area contributed by atoms with Crippen molar-refractivity contribution in [2.45, 2.75) is 0 Å². The quantitative estimate of drug-likeness (QED) is 0.662. The van der Waals surface area contributed by atoms with Crippen molar-refractivity contribution in [3.8, 4) is 0 Å². The van der Waals surface area contributed by atoms with Crippen molar-refractivity contribution in [1.82, 2.24) is 0 Å². The molecule has 3 aromatic carbocycles. The van der Waals surface area contributed by atoms with Gasteiger partial charge in [-0.15, -0.1) is 0 Å². The van der Waals surface area contributed by atoms with Gasteiger partial charge in [-0.25, -0.2) is 9.79 Å². The number of amidine groups is 1. The van der Waals surface area contributed by atoms with Gasteiger partial charge in [0.05, 0.1) is 18.2 Å². The third-order valence-corrected chi connectivity index (χ3v) is 4.83. The molecule has 0 saturated heterocycles. The number of carbonyl (C=O) groups excluding carboxylic acids is 1. The number of hydrogen-bond donors (Lipinski definition) is 1. The minimum Gasteiger partial charge on any atom is -0.465 e. The van der Waals surface area contributed by atoms with E-state index in [4.69, 9.17) is 9.73 Å². The fourth-order valence-corrected chi connectivity index (χ4v) is 3.43. The maximum Gasteiger partial charge on any atom is 0.337 e. The average molecular weight is 420 g/mol. The minimum absolute atomic E-state index is 0.344. The van der Waals surface area contributed by atoms with Gasteiger partial charge in [-0.3, -0.25) is 0 Å². The normalized spacial score (nSPS) is 14.0. The first-order valence-corrected chi connectivity index (χ1v) is 9.22. The number of nitrogens with one attached hydrogen (secondary N) is 1. The molecule has 0 radical (unpaired) electrons. The zero-order valence-corrected chi connectivity index (χ0v) is 16.2. The van der Waals surface area contributed by atoms with Crippen molar-refractivity contribution in [2.24, 2.45) is 4.99 Å². The maximum atomic E-state index is 11.7. The highest BCUT2D eigenvalue weighted by Gasteiger charge is 2.28. The third kappa shape index (κ3) is 3.46. The molecule has 1 N–H and O–H groups in total. The van der Waals surface area contributed by atoms with Gasteiger partial charge < -0.3 is 4.74 Å². The smallest absolute Gasteiger partial charge is 0.337 e. The molecule has 4 nitrogen and oxygen atoms in total. The van der Waals surface area contributed by atoms with E-state index < -0.39 is 0 Å². The van der Waals surface area contributed by atoms with Gasteiger partial charge in [0.15, 0.2) is 5.69 Å². The summed E-state index contributed by atoms with van der Waals surface area (Å²) >= 11 is 3.48. The standard InChI is InChI=1S/C22H15BrN2O2/c1-27-22(26)15-11-9-14(10-12-15)20-18-7-2-3-8-19(18)21(25-20)24-17-6-4-5-16(23)13-17/h2-13H,1H3/p+1. The summed E-state index contributed by atoms with van der Waals surface area (Å²) in [5.41, 5.74) is 5.46. The number of ether oxygens (including phenoxy) is 1. The number of carbonyl (C=O) groups is 1. The second-order valence-electron chi connectivity index (χ2n) is 6.05. The molecular formula is C22H16BrN2O2+. The Labute approximate surface area is 165 Å². The van der Waals surface area contributed by atoms with Crippen LogP contribution in [0.15, 0.2) is 82.3 Å². The van der Waals surface area contributed by atoms with Gasteiger partial charge in [0, 0.05) is 21.7 Å². The van der Waals surface area contributed by atoms with Crippen LogP contribution < -0.4 is 4.99 Å². The van der Waals surface area contributed by atoms with Crippen LogP contribution in [0.5, 0.6) is 0 Å². The molecule has 1 aliphatic heterocycles. The predicted octanol–water partition coefficient (Wildman–Crippen LogP) is 3.25. The third-order valence-electron chi connectivity index (χ3n) is 4.34. The second-order valence-corrected chi connectivity index (χ2v) is 6.97. The van der Waals surface area contributed by atoms with Crippen LogP contribution in [0, 0.1) is 0 Å². The molecule has 0 aliphatic carbocycles. The average Bonchev–Trinajstić information content (AvgIpc) is 3.06. The van der Waals surface area contributed by atoms with Crippen LogP contribution in [0.1, 0.15) is 27.0 Å². The highest BCUT2D eigenvalue weighted by Crippen LogP contribution is 2.21. The van der Waals surface area contributed by atoms with Crippen molar-refractivity contribution in [2.75, 3.05) is 7.11 Å². The van der Waals surface area contributed by atoms with Gasteiger partial charge in [0.1, 0.15) is 5.71 Å². The van der Waals surface area contributed by atoms with Crippen molar-refractivity contribution in [1.29, 1.82) is 0 Å². The zero-order chi connectivity index (χ0) is 18.8. The molecule has 0 saturated carbocycles. The Hall–Kier alpha value is -3.05. The van der Waals surface area contributed by atoms with Crippen molar-refractivity contribution >= 4 is 39.1 Å². The number of fused-ring (bicyclic) bond motifs is 1. The molecule has 0 aromatic heterocycles. The van der Waals surface area contributed by atoms with Crippen LogP contribution in [0.4, 0.5) is 5.69 Å². The Morgan fingerprint density at radius 2 is 1.70 bits per heavy atom. The Morgan fingerprint density at radius 3 is 2.41 bits per heavy atom.